The van der Waals surface area contributed by atoms with Gasteiger partial charge in [-0.25, -0.2) is 4.79 Å². The molecule has 148 valence electrons. The fraction of sp³-hybridized carbons (Fsp3) is 0.278. The molecule has 0 bridgehead atoms. The van der Waals surface area contributed by atoms with Crippen LogP contribution < -0.4 is 10.6 Å². The number of carbonyl (C=O) groups excluding carboxylic acids is 1. The van der Waals surface area contributed by atoms with E-state index in [0.717, 1.165) is 29.9 Å². The fourth-order valence-corrected chi connectivity index (χ4v) is 2.72. The molecule has 0 saturated carbocycles. The van der Waals surface area contributed by atoms with E-state index in [-0.39, 0.29) is 5.69 Å². The van der Waals surface area contributed by atoms with Crippen LogP contribution in [0.5, 0.6) is 0 Å². The number of carbonyl (C=O) groups is 1. The first-order valence-electron chi connectivity index (χ1n) is 8.55. The summed E-state index contributed by atoms with van der Waals surface area (Å²) in [7, 11) is 0. The molecule has 1 aromatic carbocycles. The van der Waals surface area contributed by atoms with Crippen LogP contribution in [0.2, 0.25) is 0 Å². The number of nitrogens with one attached hydrogen (secondary N) is 2. The number of halogens is 3. The number of hydrogen-bond donors (Lipinski definition) is 2. The lowest BCUT2D eigenvalue weighted by Crippen LogP contribution is -2.19. The van der Waals surface area contributed by atoms with Gasteiger partial charge in [0, 0.05) is 29.7 Å². The van der Waals surface area contributed by atoms with Crippen molar-refractivity contribution in [1.29, 1.82) is 0 Å². The Bertz CT molecular complexity index is 976. The van der Waals surface area contributed by atoms with Crippen molar-refractivity contribution in [3.8, 4) is 0 Å². The number of nitrogens with zero attached hydrogens (tertiary/aromatic N) is 4. The summed E-state index contributed by atoms with van der Waals surface area (Å²) in [6.45, 7) is 5.23. The topological polar surface area (TPSA) is 76.8 Å². The lowest BCUT2D eigenvalue weighted by Gasteiger charge is -2.10. The molecule has 0 spiro atoms. The van der Waals surface area contributed by atoms with E-state index in [1.165, 1.54) is 18.3 Å². The summed E-state index contributed by atoms with van der Waals surface area (Å²) in [5, 5.41) is 13.4. The van der Waals surface area contributed by atoms with Gasteiger partial charge in [0.05, 0.1) is 30.2 Å². The Morgan fingerprint density at radius 1 is 1.14 bits per heavy atom. The Hall–Kier alpha value is -3.30. The number of alkyl halides is 3. The molecule has 3 rings (SSSR count). The molecule has 10 heteroatoms. The second kappa shape index (κ2) is 7.75. The maximum Gasteiger partial charge on any atom is 0.416 e. The summed E-state index contributed by atoms with van der Waals surface area (Å²) in [6, 6.07) is 3.77. The minimum Gasteiger partial charge on any atom is -0.308 e. The van der Waals surface area contributed by atoms with Crippen molar-refractivity contribution in [2.75, 3.05) is 10.6 Å². The second-order valence-corrected chi connectivity index (χ2v) is 6.16. The standard InChI is InChI=1S/C18H19F3N6O/c1-3-27-12(2)13(8-23-27)10-26-11-16(9-22-26)25-17(28)24-15-6-4-5-14(7-15)18(19,20)21/h4-9,11H,3,10H2,1-2H3,(H2,24,25,28). The van der Waals surface area contributed by atoms with Crippen LogP contribution in [-0.2, 0) is 19.3 Å². The van der Waals surface area contributed by atoms with E-state index in [4.69, 9.17) is 0 Å². The average molecular weight is 392 g/mol. The molecular weight excluding hydrogens is 373 g/mol. The minimum absolute atomic E-state index is 0.0438. The highest BCUT2D eigenvalue weighted by Gasteiger charge is 2.30. The van der Waals surface area contributed by atoms with Crippen LogP contribution in [0.15, 0.2) is 42.9 Å². The summed E-state index contributed by atoms with van der Waals surface area (Å²) in [4.78, 5) is 12.1. The minimum atomic E-state index is -4.47. The van der Waals surface area contributed by atoms with Gasteiger partial charge >= 0.3 is 12.2 Å². The maximum absolute atomic E-state index is 12.7. The van der Waals surface area contributed by atoms with Gasteiger partial charge in [-0.05, 0) is 32.0 Å². The van der Waals surface area contributed by atoms with E-state index in [9.17, 15) is 18.0 Å². The Labute approximate surface area is 159 Å². The molecule has 3 aromatic rings. The average Bonchev–Trinajstić information content (AvgIpc) is 3.21. The molecule has 7 nitrogen and oxygen atoms in total. The Morgan fingerprint density at radius 3 is 2.57 bits per heavy atom. The zero-order valence-corrected chi connectivity index (χ0v) is 15.3. The molecule has 0 saturated heterocycles. The fourth-order valence-electron chi connectivity index (χ4n) is 2.72. The predicted molar refractivity (Wildman–Crippen MR) is 98.1 cm³/mol. The van der Waals surface area contributed by atoms with Crippen molar-refractivity contribution in [3.05, 3.63) is 59.7 Å². The van der Waals surface area contributed by atoms with Crippen molar-refractivity contribution in [2.45, 2.75) is 33.1 Å². The molecule has 2 aromatic heterocycles. The smallest absolute Gasteiger partial charge is 0.308 e. The van der Waals surface area contributed by atoms with Gasteiger partial charge in [-0.15, -0.1) is 0 Å². The molecule has 0 unspecified atom stereocenters. The molecule has 0 atom stereocenters. The number of rotatable bonds is 5. The Balaban J connectivity index is 1.62. The highest BCUT2D eigenvalue weighted by Crippen LogP contribution is 2.30. The van der Waals surface area contributed by atoms with Gasteiger partial charge in [0.25, 0.3) is 0 Å². The van der Waals surface area contributed by atoms with Crippen molar-refractivity contribution in [1.82, 2.24) is 19.6 Å². The largest absolute Gasteiger partial charge is 0.416 e. The number of anilines is 2. The molecule has 0 aliphatic carbocycles. The van der Waals surface area contributed by atoms with Crippen LogP contribution in [0, 0.1) is 6.92 Å². The number of urea groups is 1. The molecule has 0 aliphatic rings. The third-order valence-electron chi connectivity index (χ3n) is 4.18. The summed E-state index contributed by atoms with van der Waals surface area (Å²) >= 11 is 0. The Morgan fingerprint density at radius 2 is 1.89 bits per heavy atom. The summed E-state index contributed by atoms with van der Waals surface area (Å²) in [5.74, 6) is 0. The lowest BCUT2D eigenvalue weighted by molar-refractivity contribution is -0.137. The summed E-state index contributed by atoms with van der Waals surface area (Å²) in [5.41, 5.74) is 1.67. The number of benzene rings is 1. The van der Waals surface area contributed by atoms with Gasteiger partial charge in [0.15, 0.2) is 0 Å². The molecular formula is C18H19F3N6O. The first kappa shape index (κ1) is 19.5. The SMILES string of the molecule is CCn1ncc(Cn2cc(NC(=O)Nc3cccc(C(F)(F)F)c3)cn2)c1C. The van der Waals surface area contributed by atoms with Gasteiger partial charge < -0.3 is 10.6 Å². The Kier molecular flexibility index (Phi) is 5.39. The summed E-state index contributed by atoms with van der Waals surface area (Å²) < 4.78 is 41.7. The highest BCUT2D eigenvalue weighted by atomic mass is 19.4. The molecule has 0 radical (unpaired) electrons. The van der Waals surface area contributed by atoms with Crippen LogP contribution in [0.3, 0.4) is 0 Å². The highest BCUT2D eigenvalue weighted by molar-refractivity contribution is 5.99. The van der Waals surface area contributed by atoms with Gasteiger partial charge in [0.1, 0.15) is 0 Å². The van der Waals surface area contributed by atoms with Crippen LogP contribution in [0.1, 0.15) is 23.7 Å². The molecule has 2 heterocycles. The second-order valence-electron chi connectivity index (χ2n) is 6.16. The first-order chi connectivity index (χ1) is 13.3. The third kappa shape index (κ3) is 4.51. The van der Waals surface area contributed by atoms with Crippen molar-refractivity contribution >= 4 is 17.4 Å². The van der Waals surface area contributed by atoms with Gasteiger partial charge in [-0.3, -0.25) is 9.36 Å². The van der Waals surface area contributed by atoms with Crippen LogP contribution in [-0.4, -0.2) is 25.6 Å². The van der Waals surface area contributed by atoms with E-state index in [1.54, 1.807) is 17.1 Å². The van der Waals surface area contributed by atoms with Crippen molar-refractivity contribution in [3.63, 3.8) is 0 Å². The molecule has 2 amide bonds. The zero-order chi connectivity index (χ0) is 20.3. The monoisotopic (exact) mass is 392 g/mol. The number of aryl methyl sites for hydroxylation is 1. The predicted octanol–water partition coefficient (Wildman–Crippen LogP) is 4.12. The number of hydrogen-bond acceptors (Lipinski definition) is 3. The van der Waals surface area contributed by atoms with E-state index in [2.05, 4.69) is 20.8 Å². The van der Waals surface area contributed by atoms with Crippen molar-refractivity contribution < 1.29 is 18.0 Å². The first-order valence-corrected chi connectivity index (χ1v) is 8.55. The van der Waals surface area contributed by atoms with E-state index < -0.39 is 17.8 Å². The number of aromatic nitrogens is 4. The lowest BCUT2D eigenvalue weighted by atomic mass is 10.2. The zero-order valence-electron chi connectivity index (χ0n) is 15.3. The number of amides is 2. The quantitative estimate of drug-likeness (QED) is 0.686. The molecule has 2 N–H and O–H groups in total. The van der Waals surface area contributed by atoms with E-state index in [1.807, 2.05) is 18.5 Å². The molecule has 0 fully saturated rings. The van der Waals surface area contributed by atoms with E-state index in [0.29, 0.717) is 12.2 Å². The van der Waals surface area contributed by atoms with Crippen LogP contribution >= 0.6 is 0 Å². The van der Waals surface area contributed by atoms with E-state index >= 15 is 0 Å². The van der Waals surface area contributed by atoms with Gasteiger partial charge in [0.2, 0.25) is 0 Å². The molecule has 28 heavy (non-hydrogen) atoms. The van der Waals surface area contributed by atoms with Gasteiger partial charge in [-0.1, -0.05) is 6.07 Å². The summed E-state index contributed by atoms with van der Waals surface area (Å²) in [6.07, 6.45) is 0.396. The molecule has 0 aliphatic heterocycles. The van der Waals surface area contributed by atoms with Crippen LogP contribution in [0.4, 0.5) is 29.3 Å². The van der Waals surface area contributed by atoms with Crippen molar-refractivity contribution in [2.24, 2.45) is 0 Å². The normalized spacial score (nSPS) is 11.5. The maximum atomic E-state index is 12.7. The van der Waals surface area contributed by atoms with Crippen LogP contribution in [0.25, 0.3) is 0 Å². The van der Waals surface area contributed by atoms with Gasteiger partial charge in [-0.2, -0.15) is 23.4 Å². The third-order valence-corrected chi connectivity index (χ3v) is 4.18.